The number of carbonyl (C=O) groups excluding carboxylic acids is 1. The molecule has 2 aromatic heterocycles. The molecule has 0 aliphatic heterocycles. The first-order valence-electron chi connectivity index (χ1n) is 5.97. The molecule has 1 amide bonds. The van der Waals surface area contributed by atoms with Crippen LogP contribution in [0.15, 0.2) is 28.9 Å². The Labute approximate surface area is 119 Å². The van der Waals surface area contributed by atoms with E-state index < -0.39 is 22.8 Å². The van der Waals surface area contributed by atoms with E-state index in [4.69, 9.17) is 9.26 Å². The van der Waals surface area contributed by atoms with Crippen LogP contribution in [0.4, 0.5) is 11.6 Å². The molecule has 9 heteroatoms. The van der Waals surface area contributed by atoms with Crippen LogP contribution < -0.4 is 10.1 Å². The number of nitrogens with zero attached hydrogens (tertiary/aromatic N) is 3. The molecule has 2 rings (SSSR count). The Balaban J connectivity index is 2.05. The van der Waals surface area contributed by atoms with E-state index in [1.54, 1.807) is 6.92 Å². The number of amides is 1. The highest BCUT2D eigenvalue weighted by atomic mass is 16.6. The number of rotatable bonds is 5. The number of aryl methyl sites for hydroxylation is 1. The molecule has 110 valence electrons. The van der Waals surface area contributed by atoms with Crippen molar-refractivity contribution in [3.05, 3.63) is 40.3 Å². The second-order valence-corrected chi connectivity index (χ2v) is 4.15. The summed E-state index contributed by atoms with van der Waals surface area (Å²) in [6.07, 6.45) is 0.304. The summed E-state index contributed by atoms with van der Waals surface area (Å²) in [7, 11) is 0. The number of nitrogens with one attached hydrogen (secondary N) is 1. The van der Waals surface area contributed by atoms with E-state index in [9.17, 15) is 14.9 Å². The third-order valence-electron chi connectivity index (χ3n) is 2.48. The Morgan fingerprint density at radius 2 is 2.33 bits per heavy atom. The molecule has 21 heavy (non-hydrogen) atoms. The molecule has 2 heterocycles. The Bertz CT molecular complexity index is 669. The van der Waals surface area contributed by atoms with Gasteiger partial charge in [0.15, 0.2) is 11.9 Å². The molecule has 0 aliphatic carbocycles. The van der Waals surface area contributed by atoms with Gasteiger partial charge in [0.25, 0.3) is 5.91 Å². The molecule has 0 radical (unpaired) electrons. The summed E-state index contributed by atoms with van der Waals surface area (Å²) in [5.74, 6) is -0.257. The zero-order chi connectivity index (χ0) is 15.4. The fourth-order valence-corrected chi connectivity index (χ4v) is 1.51. The predicted octanol–water partition coefficient (Wildman–Crippen LogP) is 1.69. The summed E-state index contributed by atoms with van der Waals surface area (Å²) >= 11 is 0. The van der Waals surface area contributed by atoms with Gasteiger partial charge in [-0.3, -0.25) is 4.79 Å². The van der Waals surface area contributed by atoms with E-state index >= 15 is 0 Å². The topological polar surface area (TPSA) is 120 Å². The van der Waals surface area contributed by atoms with Gasteiger partial charge in [0, 0.05) is 6.07 Å². The van der Waals surface area contributed by atoms with E-state index in [2.05, 4.69) is 15.5 Å². The van der Waals surface area contributed by atoms with Gasteiger partial charge in [0.2, 0.25) is 5.75 Å². The summed E-state index contributed by atoms with van der Waals surface area (Å²) in [6, 6.07) is 4.39. The van der Waals surface area contributed by atoms with Crippen molar-refractivity contribution in [1.82, 2.24) is 10.1 Å². The Kier molecular flexibility index (Phi) is 4.12. The monoisotopic (exact) mass is 292 g/mol. The number of pyridine rings is 1. The lowest BCUT2D eigenvalue weighted by molar-refractivity contribution is -0.390. The Morgan fingerprint density at radius 3 is 2.95 bits per heavy atom. The van der Waals surface area contributed by atoms with Crippen molar-refractivity contribution in [3.63, 3.8) is 0 Å². The van der Waals surface area contributed by atoms with Gasteiger partial charge in [-0.25, -0.2) is 0 Å². The van der Waals surface area contributed by atoms with Crippen LogP contribution in [-0.2, 0) is 4.79 Å². The molecule has 1 atom stereocenters. The maximum atomic E-state index is 11.9. The van der Waals surface area contributed by atoms with Crippen LogP contribution in [0.1, 0.15) is 12.7 Å². The van der Waals surface area contributed by atoms with Crippen molar-refractivity contribution < 1.29 is 19.0 Å². The minimum absolute atomic E-state index is 0.0820. The van der Waals surface area contributed by atoms with Crippen molar-refractivity contribution in [2.45, 2.75) is 20.0 Å². The van der Waals surface area contributed by atoms with Gasteiger partial charge < -0.3 is 24.7 Å². The molecule has 0 aromatic carbocycles. The first-order valence-corrected chi connectivity index (χ1v) is 5.97. The molecule has 0 fully saturated rings. The van der Waals surface area contributed by atoms with Gasteiger partial charge in [-0.2, -0.15) is 0 Å². The summed E-state index contributed by atoms with van der Waals surface area (Å²) in [4.78, 5) is 25.6. The molecule has 0 unspecified atom stereocenters. The fourth-order valence-electron chi connectivity index (χ4n) is 1.51. The van der Waals surface area contributed by atoms with Crippen LogP contribution >= 0.6 is 0 Å². The lowest BCUT2D eigenvalue weighted by Gasteiger charge is -2.13. The maximum absolute atomic E-state index is 11.9. The quantitative estimate of drug-likeness (QED) is 0.657. The SMILES string of the molecule is Cc1cc(NC(=O)[C@@H](C)Oc2cccnc2[N+](=O)[O-])no1. The first kappa shape index (κ1) is 14.4. The van der Waals surface area contributed by atoms with E-state index in [0.717, 1.165) is 0 Å². The van der Waals surface area contributed by atoms with Crippen molar-refractivity contribution in [1.29, 1.82) is 0 Å². The molecular formula is C12H12N4O5. The number of ether oxygens (including phenoxy) is 1. The van der Waals surface area contributed by atoms with Crippen LogP contribution in [-0.4, -0.2) is 27.1 Å². The normalized spacial score (nSPS) is 11.7. The average Bonchev–Trinajstić information content (AvgIpc) is 2.84. The van der Waals surface area contributed by atoms with Gasteiger partial charge >= 0.3 is 5.82 Å². The minimum atomic E-state index is -0.968. The second-order valence-electron chi connectivity index (χ2n) is 4.15. The molecule has 0 aliphatic rings. The number of nitro groups is 1. The van der Waals surface area contributed by atoms with E-state index in [1.165, 1.54) is 31.3 Å². The summed E-state index contributed by atoms with van der Waals surface area (Å²) in [5.41, 5.74) is 0. The lowest BCUT2D eigenvalue weighted by atomic mass is 10.3. The molecule has 9 nitrogen and oxygen atoms in total. The first-order chi connectivity index (χ1) is 9.97. The van der Waals surface area contributed by atoms with Crippen molar-refractivity contribution in [2.24, 2.45) is 0 Å². The highest BCUT2D eigenvalue weighted by Gasteiger charge is 2.22. The fraction of sp³-hybridized carbons (Fsp3) is 0.250. The molecule has 0 saturated heterocycles. The standard InChI is InChI=1S/C12H12N4O5/c1-7-6-10(15-21-7)14-12(17)8(2)20-9-4-3-5-13-11(9)16(18)19/h3-6,8H,1-2H3,(H,14,15,17)/t8-/m1/s1. The predicted molar refractivity (Wildman–Crippen MR) is 70.9 cm³/mol. The number of hydrogen-bond donors (Lipinski definition) is 1. The highest BCUT2D eigenvalue weighted by Crippen LogP contribution is 2.24. The summed E-state index contributed by atoms with van der Waals surface area (Å²) in [6.45, 7) is 3.14. The average molecular weight is 292 g/mol. The van der Waals surface area contributed by atoms with Crippen LogP contribution in [0.2, 0.25) is 0 Å². The van der Waals surface area contributed by atoms with Gasteiger partial charge in [-0.15, -0.1) is 0 Å². The highest BCUT2D eigenvalue weighted by molar-refractivity contribution is 5.93. The Hall–Kier alpha value is -2.97. The van der Waals surface area contributed by atoms with Gasteiger partial charge in [0.1, 0.15) is 12.0 Å². The van der Waals surface area contributed by atoms with Crippen LogP contribution in [0.25, 0.3) is 0 Å². The van der Waals surface area contributed by atoms with Gasteiger partial charge in [-0.05, 0) is 35.9 Å². The molecule has 0 saturated carbocycles. The summed E-state index contributed by atoms with van der Waals surface area (Å²) < 4.78 is 10.1. The summed E-state index contributed by atoms with van der Waals surface area (Å²) in [5, 5.41) is 16.9. The molecule has 0 spiro atoms. The molecular weight excluding hydrogens is 280 g/mol. The zero-order valence-corrected chi connectivity index (χ0v) is 11.3. The largest absolute Gasteiger partial charge is 0.473 e. The molecule has 1 N–H and O–H groups in total. The number of anilines is 1. The van der Waals surface area contributed by atoms with Gasteiger partial charge in [-0.1, -0.05) is 5.16 Å². The van der Waals surface area contributed by atoms with Crippen LogP contribution in [0, 0.1) is 17.0 Å². The van der Waals surface area contributed by atoms with Crippen LogP contribution in [0.5, 0.6) is 5.75 Å². The van der Waals surface area contributed by atoms with E-state index in [0.29, 0.717) is 5.76 Å². The van der Waals surface area contributed by atoms with Gasteiger partial charge in [0.05, 0.1) is 0 Å². The van der Waals surface area contributed by atoms with Crippen molar-refractivity contribution in [3.8, 4) is 5.75 Å². The minimum Gasteiger partial charge on any atom is -0.473 e. The van der Waals surface area contributed by atoms with Crippen molar-refractivity contribution in [2.75, 3.05) is 5.32 Å². The zero-order valence-electron chi connectivity index (χ0n) is 11.3. The van der Waals surface area contributed by atoms with Crippen LogP contribution in [0.3, 0.4) is 0 Å². The van der Waals surface area contributed by atoms with E-state index in [1.807, 2.05) is 0 Å². The second kappa shape index (κ2) is 5.99. The number of carbonyl (C=O) groups is 1. The maximum Gasteiger partial charge on any atom is 0.406 e. The third-order valence-corrected chi connectivity index (χ3v) is 2.48. The Morgan fingerprint density at radius 1 is 1.57 bits per heavy atom. The lowest BCUT2D eigenvalue weighted by Crippen LogP contribution is -2.30. The molecule has 2 aromatic rings. The van der Waals surface area contributed by atoms with E-state index in [-0.39, 0.29) is 11.6 Å². The van der Waals surface area contributed by atoms with Crippen molar-refractivity contribution >= 4 is 17.5 Å². The number of aromatic nitrogens is 2. The molecule has 0 bridgehead atoms. The smallest absolute Gasteiger partial charge is 0.406 e. The third kappa shape index (κ3) is 3.53. The number of hydrogen-bond acceptors (Lipinski definition) is 7.